The van der Waals surface area contributed by atoms with E-state index in [1.807, 2.05) is 35.2 Å². The number of anilines is 1. The first-order valence-electron chi connectivity index (χ1n) is 11.4. The lowest BCUT2D eigenvalue weighted by molar-refractivity contribution is -0.129. The number of carbonyl (C=O) groups excluding carboxylic acids is 2. The fourth-order valence-electron chi connectivity index (χ4n) is 4.28. The summed E-state index contributed by atoms with van der Waals surface area (Å²) >= 11 is 0. The van der Waals surface area contributed by atoms with Gasteiger partial charge in [0, 0.05) is 63.5 Å². The molecule has 9 heteroatoms. The molecule has 1 N–H and O–H groups in total. The fourth-order valence-corrected chi connectivity index (χ4v) is 5.75. The number of amides is 2. The second-order valence-corrected chi connectivity index (χ2v) is 10.3. The van der Waals surface area contributed by atoms with Crippen LogP contribution in [0.4, 0.5) is 5.69 Å². The molecule has 2 heterocycles. The molecule has 33 heavy (non-hydrogen) atoms. The van der Waals surface area contributed by atoms with Gasteiger partial charge in [0.25, 0.3) is 5.91 Å². The van der Waals surface area contributed by atoms with Crippen LogP contribution in [0.15, 0.2) is 59.5 Å². The van der Waals surface area contributed by atoms with Gasteiger partial charge in [-0.15, -0.1) is 0 Å². The van der Waals surface area contributed by atoms with Crippen molar-refractivity contribution in [3.05, 3.63) is 60.2 Å². The van der Waals surface area contributed by atoms with E-state index in [9.17, 15) is 18.0 Å². The van der Waals surface area contributed by atoms with E-state index in [1.54, 1.807) is 12.1 Å². The first kappa shape index (κ1) is 23.3. The van der Waals surface area contributed by atoms with E-state index in [0.29, 0.717) is 26.2 Å². The fraction of sp³-hybridized carbons (Fsp3) is 0.417. The van der Waals surface area contributed by atoms with E-state index in [4.69, 9.17) is 0 Å². The molecule has 0 atom stereocenters. The maximum Gasteiger partial charge on any atom is 0.251 e. The Morgan fingerprint density at radius 1 is 0.848 bits per heavy atom. The molecule has 0 spiro atoms. The Morgan fingerprint density at radius 3 is 2.24 bits per heavy atom. The summed E-state index contributed by atoms with van der Waals surface area (Å²) in [5.41, 5.74) is 1.35. The van der Waals surface area contributed by atoms with Crippen LogP contribution in [0.5, 0.6) is 0 Å². The number of hydrogen-bond acceptors (Lipinski definition) is 5. The lowest BCUT2D eigenvalue weighted by Crippen LogP contribution is -2.48. The molecule has 0 aromatic heterocycles. The Kier molecular flexibility index (Phi) is 7.29. The third kappa shape index (κ3) is 5.54. The third-order valence-corrected chi connectivity index (χ3v) is 8.07. The molecular formula is C24H30N4O4S. The van der Waals surface area contributed by atoms with E-state index in [-0.39, 0.29) is 35.2 Å². The van der Waals surface area contributed by atoms with Crippen LogP contribution in [-0.4, -0.2) is 75.3 Å². The number of rotatable bonds is 7. The molecule has 0 bridgehead atoms. The van der Waals surface area contributed by atoms with E-state index >= 15 is 0 Å². The molecule has 2 aliphatic heterocycles. The standard InChI is InChI=1S/C24H30N4O4S/c29-23(27-13-4-5-14-27)11-12-25-24(30)20-7-6-10-22(19-20)33(31,32)28-17-15-26(16-18-28)21-8-2-1-3-9-21/h1-3,6-10,19H,4-5,11-18H2,(H,25,30). The van der Waals surface area contributed by atoms with Gasteiger partial charge in [0.2, 0.25) is 15.9 Å². The van der Waals surface area contributed by atoms with Gasteiger partial charge in [-0.25, -0.2) is 8.42 Å². The highest BCUT2D eigenvalue weighted by molar-refractivity contribution is 7.89. The number of nitrogens with zero attached hydrogens (tertiary/aromatic N) is 3. The third-order valence-electron chi connectivity index (χ3n) is 6.18. The van der Waals surface area contributed by atoms with Crippen molar-refractivity contribution < 1.29 is 18.0 Å². The summed E-state index contributed by atoms with van der Waals surface area (Å²) < 4.78 is 27.8. The summed E-state index contributed by atoms with van der Waals surface area (Å²) in [4.78, 5) is 28.8. The van der Waals surface area contributed by atoms with Crippen molar-refractivity contribution in [3.8, 4) is 0 Å². The van der Waals surface area contributed by atoms with Gasteiger partial charge in [-0.3, -0.25) is 9.59 Å². The predicted molar refractivity (Wildman–Crippen MR) is 127 cm³/mol. The van der Waals surface area contributed by atoms with Crippen molar-refractivity contribution >= 4 is 27.5 Å². The lowest BCUT2D eigenvalue weighted by atomic mass is 10.2. The second-order valence-electron chi connectivity index (χ2n) is 8.35. The van der Waals surface area contributed by atoms with Crippen LogP contribution in [0.1, 0.15) is 29.6 Å². The monoisotopic (exact) mass is 470 g/mol. The van der Waals surface area contributed by atoms with Crippen molar-refractivity contribution in [2.75, 3.05) is 50.7 Å². The van der Waals surface area contributed by atoms with Crippen molar-refractivity contribution in [3.63, 3.8) is 0 Å². The zero-order valence-corrected chi connectivity index (χ0v) is 19.5. The number of nitrogens with one attached hydrogen (secondary N) is 1. The Labute approximate surface area is 195 Å². The Hall–Kier alpha value is -2.91. The molecule has 2 amide bonds. The first-order valence-corrected chi connectivity index (χ1v) is 12.9. The van der Waals surface area contributed by atoms with Gasteiger partial charge in [0.05, 0.1) is 4.90 Å². The topological polar surface area (TPSA) is 90.0 Å². The van der Waals surface area contributed by atoms with Gasteiger partial charge < -0.3 is 15.1 Å². The normalized spacial score (nSPS) is 17.2. The van der Waals surface area contributed by atoms with Crippen molar-refractivity contribution in [1.29, 1.82) is 0 Å². The quantitative estimate of drug-likeness (QED) is 0.668. The summed E-state index contributed by atoms with van der Waals surface area (Å²) in [6.45, 7) is 3.77. The molecule has 2 aliphatic rings. The number of para-hydroxylation sites is 1. The van der Waals surface area contributed by atoms with Gasteiger partial charge >= 0.3 is 0 Å². The molecule has 2 aromatic carbocycles. The maximum atomic E-state index is 13.2. The molecule has 4 rings (SSSR count). The number of hydrogen-bond donors (Lipinski definition) is 1. The van der Waals surface area contributed by atoms with Crippen LogP contribution in [0.2, 0.25) is 0 Å². The van der Waals surface area contributed by atoms with Crippen molar-refractivity contribution in [1.82, 2.24) is 14.5 Å². The summed E-state index contributed by atoms with van der Waals surface area (Å²) in [5.74, 6) is -0.339. The average molecular weight is 471 g/mol. The molecule has 2 aromatic rings. The summed E-state index contributed by atoms with van der Waals surface area (Å²) in [7, 11) is -3.70. The molecule has 0 saturated carbocycles. The summed E-state index contributed by atoms with van der Waals surface area (Å²) in [5, 5.41) is 2.73. The number of sulfonamides is 1. The Morgan fingerprint density at radius 2 is 1.55 bits per heavy atom. The average Bonchev–Trinajstić information content (AvgIpc) is 3.40. The largest absolute Gasteiger partial charge is 0.369 e. The van der Waals surface area contributed by atoms with Crippen LogP contribution in [0.25, 0.3) is 0 Å². The molecular weight excluding hydrogens is 440 g/mol. The van der Waals surface area contributed by atoms with Gasteiger partial charge in [-0.1, -0.05) is 24.3 Å². The van der Waals surface area contributed by atoms with Crippen molar-refractivity contribution in [2.24, 2.45) is 0 Å². The number of benzene rings is 2. The highest BCUT2D eigenvalue weighted by Gasteiger charge is 2.29. The molecule has 0 radical (unpaired) electrons. The minimum Gasteiger partial charge on any atom is -0.369 e. The molecule has 2 saturated heterocycles. The van der Waals surface area contributed by atoms with Gasteiger partial charge in [-0.2, -0.15) is 4.31 Å². The smallest absolute Gasteiger partial charge is 0.251 e. The van der Waals surface area contributed by atoms with Crippen molar-refractivity contribution in [2.45, 2.75) is 24.2 Å². The minimum atomic E-state index is -3.70. The van der Waals surface area contributed by atoms with Crippen LogP contribution in [0.3, 0.4) is 0 Å². The van der Waals surface area contributed by atoms with E-state index < -0.39 is 10.0 Å². The maximum absolute atomic E-state index is 13.2. The zero-order chi connectivity index (χ0) is 23.3. The SMILES string of the molecule is O=C(NCCC(=O)N1CCCC1)c1cccc(S(=O)(=O)N2CCN(c3ccccc3)CC2)c1. The zero-order valence-electron chi connectivity index (χ0n) is 18.7. The second kappa shape index (κ2) is 10.4. The van der Waals surface area contributed by atoms with E-state index in [0.717, 1.165) is 31.6 Å². The number of piperazine rings is 1. The highest BCUT2D eigenvalue weighted by Crippen LogP contribution is 2.21. The highest BCUT2D eigenvalue weighted by atomic mass is 32.2. The van der Waals surface area contributed by atoms with E-state index in [1.165, 1.54) is 16.4 Å². The Balaban J connectivity index is 1.34. The summed E-state index contributed by atoms with van der Waals surface area (Å²) in [6.07, 6.45) is 2.30. The molecule has 0 unspecified atom stereocenters. The predicted octanol–water partition coefficient (Wildman–Crippen LogP) is 1.94. The number of likely N-dealkylation sites (tertiary alicyclic amines) is 1. The molecule has 8 nitrogen and oxygen atoms in total. The molecule has 0 aliphatic carbocycles. The molecule has 176 valence electrons. The Bertz CT molecular complexity index is 1080. The number of carbonyl (C=O) groups is 2. The van der Waals surface area contributed by atoms with Crippen LogP contribution < -0.4 is 10.2 Å². The first-order chi connectivity index (χ1) is 15.9. The van der Waals surface area contributed by atoms with Crippen LogP contribution >= 0.6 is 0 Å². The van der Waals surface area contributed by atoms with Gasteiger partial charge in [-0.05, 0) is 43.2 Å². The van der Waals surface area contributed by atoms with Crippen LogP contribution in [-0.2, 0) is 14.8 Å². The lowest BCUT2D eigenvalue weighted by Gasteiger charge is -2.35. The minimum absolute atomic E-state index is 0.0405. The van der Waals surface area contributed by atoms with Gasteiger partial charge in [0.15, 0.2) is 0 Å². The molecule has 2 fully saturated rings. The van der Waals surface area contributed by atoms with Gasteiger partial charge in [0.1, 0.15) is 0 Å². The van der Waals surface area contributed by atoms with Crippen LogP contribution in [0, 0.1) is 0 Å². The van der Waals surface area contributed by atoms with E-state index in [2.05, 4.69) is 10.2 Å². The summed E-state index contributed by atoms with van der Waals surface area (Å²) in [6, 6.07) is 16.0.